The summed E-state index contributed by atoms with van der Waals surface area (Å²) in [6, 6.07) is 4.84. The van der Waals surface area contributed by atoms with E-state index in [1.807, 2.05) is 0 Å². The van der Waals surface area contributed by atoms with Crippen molar-refractivity contribution in [2.75, 3.05) is 18.5 Å². The van der Waals surface area contributed by atoms with Crippen molar-refractivity contribution in [1.29, 1.82) is 0 Å². The van der Waals surface area contributed by atoms with Crippen LogP contribution in [0.1, 0.15) is 0 Å². The van der Waals surface area contributed by atoms with Gasteiger partial charge in [-0.05, 0) is 18.2 Å². The number of anilines is 2. The van der Waals surface area contributed by atoms with Crippen molar-refractivity contribution in [3.8, 4) is 0 Å². The Labute approximate surface area is 157 Å². The van der Waals surface area contributed by atoms with E-state index in [9.17, 15) is 4.79 Å². The van der Waals surface area contributed by atoms with Crippen LogP contribution < -0.4 is 10.9 Å². The van der Waals surface area contributed by atoms with E-state index in [2.05, 4.69) is 20.3 Å². The van der Waals surface area contributed by atoms with Crippen LogP contribution in [0, 0.1) is 0 Å². The van der Waals surface area contributed by atoms with Gasteiger partial charge in [0.15, 0.2) is 11.2 Å². The number of hydrogen-bond donors (Lipinski definition) is 4. The van der Waals surface area contributed by atoms with Gasteiger partial charge in [0.1, 0.15) is 12.8 Å². The van der Waals surface area contributed by atoms with Gasteiger partial charge in [-0.25, -0.2) is 4.98 Å². The molecule has 138 valence electrons. The Hall–Kier alpha value is -2.17. The van der Waals surface area contributed by atoms with Crippen LogP contribution in [0.3, 0.4) is 0 Å². The van der Waals surface area contributed by atoms with Crippen molar-refractivity contribution >= 4 is 46.0 Å². The second-order valence-corrected chi connectivity index (χ2v) is 6.24. The molecule has 11 heteroatoms. The summed E-state index contributed by atoms with van der Waals surface area (Å²) in [7, 11) is 0. The van der Waals surface area contributed by atoms with Crippen molar-refractivity contribution < 1.29 is 14.9 Å². The van der Waals surface area contributed by atoms with Crippen LogP contribution in [0.15, 0.2) is 29.3 Å². The summed E-state index contributed by atoms with van der Waals surface area (Å²) in [5.41, 5.74) is 0.519. The molecular weight excluding hydrogens is 385 g/mol. The second-order valence-electron chi connectivity index (χ2n) is 5.37. The zero-order chi connectivity index (χ0) is 18.7. The fraction of sp³-hybridized carbons (Fsp3) is 0.267. The average molecular weight is 400 g/mol. The Balaban J connectivity index is 1.90. The summed E-state index contributed by atoms with van der Waals surface area (Å²) in [5.74, 6) is 0.170. The number of aromatic nitrogens is 4. The molecule has 0 spiro atoms. The fourth-order valence-corrected chi connectivity index (χ4v) is 2.75. The van der Waals surface area contributed by atoms with Crippen molar-refractivity contribution in [3.63, 3.8) is 0 Å². The number of hydrogen-bond acceptors (Lipinski definition) is 7. The minimum atomic E-state index is -0.736. The molecule has 9 nitrogen and oxygen atoms in total. The van der Waals surface area contributed by atoms with E-state index >= 15 is 0 Å². The number of nitrogens with zero attached hydrogens (tertiary/aromatic N) is 3. The molecule has 0 fully saturated rings. The van der Waals surface area contributed by atoms with Crippen molar-refractivity contribution in [2.45, 2.75) is 12.8 Å². The number of imidazole rings is 1. The van der Waals surface area contributed by atoms with Crippen molar-refractivity contribution in [3.05, 3.63) is 44.9 Å². The SMILES string of the molecule is O=c1[nH]c(Nc2cc(Cl)cc(Cl)c2)nc2c1ncn2COC(CO)CO. The lowest BCUT2D eigenvalue weighted by molar-refractivity contribution is -0.0488. The van der Waals surface area contributed by atoms with E-state index in [-0.39, 0.29) is 37.1 Å². The topological polar surface area (TPSA) is 125 Å². The van der Waals surface area contributed by atoms with E-state index in [1.165, 1.54) is 10.9 Å². The zero-order valence-corrected chi connectivity index (χ0v) is 14.8. The van der Waals surface area contributed by atoms with Crippen LogP contribution >= 0.6 is 23.2 Å². The predicted molar refractivity (Wildman–Crippen MR) is 96.9 cm³/mol. The summed E-state index contributed by atoms with van der Waals surface area (Å²) in [4.78, 5) is 23.1. The van der Waals surface area contributed by atoms with Crippen LogP contribution in [0.4, 0.5) is 11.6 Å². The van der Waals surface area contributed by atoms with Gasteiger partial charge >= 0.3 is 0 Å². The number of ether oxygens (including phenoxy) is 1. The van der Waals surface area contributed by atoms with Gasteiger partial charge in [0.25, 0.3) is 5.56 Å². The number of fused-ring (bicyclic) bond motifs is 1. The third-order valence-corrected chi connectivity index (χ3v) is 3.89. The Bertz CT molecular complexity index is 950. The number of halogens is 2. The fourth-order valence-electron chi connectivity index (χ4n) is 2.22. The number of aromatic amines is 1. The van der Waals surface area contributed by atoms with Crippen molar-refractivity contribution in [1.82, 2.24) is 19.5 Å². The molecule has 26 heavy (non-hydrogen) atoms. The summed E-state index contributed by atoms with van der Waals surface area (Å²) in [5, 5.41) is 21.9. The van der Waals surface area contributed by atoms with E-state index in [0.717, 1.165) is 0 Å². The molecule has 4 N–H and O–H groups in total. The molecule has 3 aromatic rings. The highest BCUT2D eigenvalue weighted by molar-refractivity contribution is 6.35. The highest BCUT2D eigenvalue weighted by atomic mass is 35.5. The molecule has 0 aliphatic heterocycles. The maximum Gasteiger partial charge on any atom is 0.280 e. The van der Waals surface area contributed by atoms with E-state index in [0.29, 0.717) is 15.7 Å². The van der Waals surface area contributed by atoms with Gasteiger partial charge in [0, 0.05) is 15.7 Å². The molecule has 0 unspecified atom stereocenters. The Morgan fingerprint density at radius 2 is 1.92 bits per heavy atom. The molecule has 0 saturated carbocycles. The molecule has 0 aliphatic rings. The second kappa shape index (κ2) is 8.02. The van der Waals surface area contributed by atoms with Crippen LogP contribution in [0.2, 0.25) is 10.0 Å². The first-order valence-electron chi connectivity index (χ1n) is 7.51. The minimum absolute atomic E-state index is 0.0405. The number of aliphatic hydroxyl groups is 2. The number of nitrogens with one attached hydrogen (secondary N) is 2. The van der Waals surface area contributed by atoms with Gasteiger partial charge in [-0.2, -0.15) is 4.98 Å². The minimum Gasteiger partial charge on any atom is -0.394 e. The normalized spacial score (nSPS) is 11.4. The van der Waals surface area contributed by atoms with Crippen LogP contribution in [0.25, 0.3) is 11.2 Å². The summed E-state index contributed by atoms with van der Waals surface area (Å²) >= 11 is 11.9. The molecule has 1 aromatic carbocycles. The van der Waals surface area contributed by atoms with Gasteiger partial charge < -0.3 is 20.3 Å². The largest absolute Gasteiger partial charge is 0.394 e. The van der Waals surface area contributed by atoms with Gasteiger partial charge in [-0.3, -0.25) is 14.3 Å². The lowest BCUT2D eigenvalue weighted by atomic mass is 10.3. The quantitative estimate of drug-likeness (QED) is 0.474. The van der Waals surface area contributed by atoms with Gasteiger partial charge in [0.05, 0.1) is 19.5 Å². The smallest absolute Gasteiger partial charge is 0.280 e. The monoisotopic (exact) mass is 399 g/mol. The van der Waals surface area contributed by atoms with Gasteiger partial charge in [-0.15, -0.1) is 0 Å². The third-order valence-electron chi connectivity index (χ3n) is 3.46. The highest BCUT2D eigenvalue weighted by Crippen LogP contribution is 2.24. The molecule has 0 amide bonds. The maximum absolute atomic E-state index is 12.2. The van der Waals surface area contributed by atoms with Gasteiger partial charge in [0.2, 0.25) is 5.95 Å². The summed E-state index contributed by atoms with van der Waals surface area (Å²) in [6.07, 6.45) is 0.652. The number of rotatable bonds is 7. The summed E-state index contributed by atoms with van der Waals surface area (Å²) < 4.78 is 6.82. The first-order chi connectivity index (χ1) is 12.5. The maximum atomic E-state index is 12.2. The van der Waals surface area contributed by atoms with Crippen LogP contribution in [0.5, 0.6) is 0 Å². The molecule has 0 aliphatic carbocycles. The molecule has 3 rings (SSSR count). The molecule has 0 radical (unpaired) electrons. The van der Waals surface area contributed by atoms with E-state index in [4.69, 9.17) is 38.2 Å². The van der Waals surface area contributed by atoms with E-state index < -0.39 is 11.7 Å². The first kappa shape index (κ1) is 18.6. The first-order valence-corrected chi connectivity index (χ1v) is 8.27. The number of aliphatic hydroxyl groups excluding tert-OH is 2. The zero-order valence-electron chi connectivity index (χ0n) is 13.3. The number of benzene rings is 1. The van der Waals surface area contributed by atoms with Crippen LogP contribution in [-0.2, 0) is 11.5 Å². The molecule has 0 saturated heterocycles. The lowest BCUT2D eigenvalue weighted by Crippen LogP contribution is -2.23. The average Bonchev–Trinajstić information content (AvgIpc) is 2.98. The molecule has 0 bridgehead atoms. The van der Waals surface area contributed by atoms with Crippen molar-refractivity contribution in [2.24, 2.45) is 0 Å². The Kier molecular flexibility index (Phi) is 5.74. The van der Waals surface area contributed by atoms with Crippen LogP contribution in [-0.4, -0.2) is 49.0 Å². The van der Waals surface area contributed by atoms with Gasteiger partial charge in [-0.1, -0.05) is 23.2 Å². The third kappa shape index (κ3) is 4.14. The lowest BCUT2D eigenvalue weighted by Gasteiger charge is -2.13. The Morgan fingerprint density at radius 1 is 1.23 bits per heavy atom. The summed E-state index contributed by atoms with van der Waals surface area (Å²) in [6.45, 7) is -0.708. The molecule has 2 aromatic heterocycles. The predicted octanol–water partition coefficient (Wildman–Crippen LogP) is 1.50. The number of H-pyrrole nitrogens is 1. The highest BCUT2D eigenvalue weighted by Gasteiger charge is 2.13. The van der Waals surface area contributed by atoms with E-state index in [1.54, 1.807) is 18.2 Å². The Morgan fingerprint density at radius 3 is 2.58 bits per heavy atom. The molecule has 0 atom stereocenters. The standard InChI is InChI=1S/C15H15Cl2N5O4/c16-8-1-9(17)3-10(2-8)19-15-20-13-12(14(25)21-15)18-6-22(13)7-26-11(4-23)5-24/h1-3,6,11,23-24H,4-5,7H2,(H2,19,20,21,25). The molecule has 2 heterocycles. The molecular formula is C15H15Cl2N5O4.